The molecular formula is C25H43N3O4. The van der Waals surface area contributed by atoms with Crippen LogP contribution in [0, 0.1) is 5.92 Å². The molecule has 182 valence electrons. The molecule has 0 spiro atoms. The van der Waals surface area contributed by atoms with Crippen LogP contribution in [0.3, 0.4) is 0 Å². The molecular weight excluding hydrogens is 406 g/mol. The highest BCUT2D eigenvalue weighted by Gasteiger charge is 2.30. The van der Waals surface area contributed by atoms with Crippen LogP contribution in [0.25, 0.3) is 0 Å². The van der Waals surface area contributed by atoms with Gasteiger partial charge in [0.15, 0.2) is 0 Å². The molecule has 0 fully saturated rings. The van der Waals surface area contributed by atoms with Gasteiger partial charge in [0.05, 0.1) is 30.4 Å². The molecule has 1 N–H and O–H groups in total. The van der Waals surface area contributed by atoms with Gasteiger partial charge in [0.2, 0.25) is 0 Å². The van der Waals surface area contributed by atoms with Gasteiger partial charge in [-0.2, -0.15) is 0 Å². The molecule has 1 aromatic carbocycles. The lowest BCUT2D eigenvalue weighted by molar-refractivity contribution is -0.0137. The van der Waals surface area contributed by atoms with E-state index in [1.54, 1.807) is 4.90 Å². The number of hydrogen-bond donors (Lipinski definition) is 1. The highest BCUT2D eigenvalue weighted by atomic mass is 16.5. The number of fused-ring (bicyclic) bond motifs is 1. The first-order valence-corrected chi connectivity index (χ1v) is 11.8. The van der Waals surface area contributed by atoms with Crippen molar-refractivity contribution in [3.8, 4) is 5.75 Å². The summed E-state index contributed by atoms with van der Waals surface area (Å²) in [5, 5.41) is 9.93. The van der Waals surface area contributed by atoms with Crippen LogP contribution < -0.4 is 9.64 Å². The molecule has 7 heteroatoms. The van der Waals surface area contributed by atoms with Crippen LogP contribution in [0.2, 0.25) is 0 Å². The topological polar surface area (TPSA) is 65.5 Å². The van der Waals surface area contributed by atoms with Gasteiger partial charge in [-0.15, -0.1) is 0 Å². The van der Waals surface area contributed by atoms with Crippen LogP contribution >= 0.6 is 0 Å². The third-order valence-electron chi connectivity index (χ3n) is 6.10. The van der Waals surface area contributed by atoms with Crippen LogP contribution in [0.4, 0.5) is 5.69 Å². The van der Waals surface area contributed by atoms with Crippen LogP contribution in [0.1, 0.15) is 50.4 Å². The van der Waals surface area contributed by atoms with Crippen molar-refractivity contribution in [3.05, 3.63) is 23.8 Å². The Labute approximate surface area is 194 Å². The van der Waals surface area contributed by atoms with Crippen molar-refractivity contribution in [3.63, 3.8) is 0 Å². The fraction of sp³-hybridized carbons (Fsp3) is 0.720. The summed E-state index contributed by atoms with van der Waals surface area (Å²) in [5.41, 5.74) is 1.48. The molecule has 7 nitrogen and oxygen atoms in total. The first-order chi connectivity index (χ1) is 15.1. The van der Waals surface area contributed by atoms with E-state index >= 15 is 0 Å². The van der Waals surface area contributed by atoms with Gasteiger partial charge in [0.25, 0.3) is 5.91 Å². The van der Waals surface area contributed by atoms with Crippen molar-refractivity contribution in [2.45, 2.75) is 58.3 Å². The zero-order valence-electron chi connectivity index (χ0n) is 21.0. The number of carbonyl (C=O) groups is 1. The fourth-order valence-electron chi connectivity index (χ4n) is 4.01. The Morgan fingerprint density at radius 2 is 1.91 bits per heavy atom. The molecule has 0 bridgehead atoms. The van der Waals surface area contributed by atoms with Crippen molar-refractivity contribution in [1.82, 2.24) is 9.80 Å². The summed E-state index contributed by atoms with van der Waals surface area (Å²) >= 11 is 0. The number of hydrogen-bond acceptors (Lipinski definition) is 6. The van der Waals surface area contributed by atoms with Crippen LogP contribution in [0.15, 0.2) is 18.2 Å². The molecule has 1 amide bonds. The molecule has 1 aliphatic rings. The second-order valence-electron chi connectivity index (χ2n) is 9.64. The zero-order valence-corrected chi connectivity index (χ0v) is 21.0. The third-order valence-corrected chi connectivity index (χ3v) is 6.10. The monoisotopic (exact) mass is 449 g/mol. The number of rotatable bonds is 5. The number of aliphatic hydroxyl groups is 1. The van der Waals surface area contributed by atoms with E-state index in [0.717, 1.165) is 31.5 Å². The molecule has 0 aliphatic carbocycles. The standard InChI is InChI=1S/C25H43N3O4/c1-18-15-28(19(2)17-29)25(30)22-14-21(27(6)7)11-12-23(22)32-20(3)10-8-9-13-31-24(18)16-26(4)5/h11-12,14,18-20,24,29H,8-10,13,15-17H2,1-7H3/t18-,19+,20+,24+/m0/s1. The Kier molecular flexibility index (Phi) is 10.3. The highest BCUT2D eigenvalue weighted by molar-refractivity contribution is 5.98. The molecule has 0 radical (unpaired) electrons. The van der Waals surface area contributed by atoms with Crippen LogP contribution in [-0.4, -0.2) is 93.6 Å². The minimum absolute atomic E-state index is 0.00472. The predicted octanol–water partition coefficient (Wildman–Crippen LogP) is 3.11. The number of carbonyl (C=O) groups excluding carboxylic acids is 1. The first-order valence-electron chi connectivity index (χ1n) is 11.8. The number of anilines is 1. The summed E-state index contributed by atoms with van der Waals surface area (Å²) in [6.07, 6.45) is 2.89. The molecule has 1 aliphatic heterocycles. The normalized spacial score (nSPS) is 24.5. The van der Waals surface area contributed by atoms with Gasteiger partial charge in [0, 0.05) is 45.4 Å². The summed E-state index contributed by atoms with van der Waals surface area (Å²) in [4.78, 5) is 19.7. The Morgan fingerprint density at radius 1 is 1.19 bits per heavy atom. The maximum atomic E-state index is 13.8. The zero-order chi connectivity index (χ0) is 23.8. The SMILES string of the molecule is C[C@@H]1CCCCO[C@H](CN(C)C)[C@@H](C)CN([C@H](C)CO)C(=O)c2cc(N(C)C)ccc2O1. The Hall–Kier alpha value is -1.83. The van der Waals surface area contributed by atoms with Crippen molar-refractivity contribution in [2.75, 3.05) is 59.4 Å². The van der Waals surface area contributed by atoms with Gasteiger partial charge in [-0.3, -0.25) is 4.79 Å². The van der Waals surface area contributed by atoms with E-state index in [1.807, 2.05) is 65.1 Å². The van der Waals surface area contributed by atoms with Crippen molar-refractivity contribution in [1.29, 1.82) is 0 Å². The van der Waals surface area contributed by atoms with Crippen molar-refractivity contribution < 1.29 is 19.4 Å². The first kappa shape index (κ1) is 26.4. The smallest absolute Gasteiger partial charge is 0.258 e. The van der Waals surface area contributed by atoms with Crippen LogP contribution in [0.5, 0.6) is 5.75 Å². The van der Waals surface area contributed by atoms with Gasteiger partial charge in [0.1, 0.15) is 5.75 Å². The lowest BCUT2D eigenvalue weighted by Crippen LogP contribution is -2.47. The van der Waals surface area contributed by atoms with E-state index in [0.29, 0.717) is 24.5 Å². The maximum Gasteiger partial charge on any atom is 0.258 e. The van der Waals surface area contributed by atoms with Gasteiger partial charge in [-0.05, 0) is 65.4 Å². The van der Waals surface area contributed by atoms with Crippen LogP contribution in [-0.2, 0) is 4.74 Å². The van der Waals surface area contributed by atoms with Gasteiger partial charge in [-0.1, -0.05) is 6.92 Å². The van der Waals surface area contributed by atoms with E-state index in [2.05, 4.69) is 11.8 Å². The van der Waals surface area contributed by atoms with E-state index in [-0.39, 0.29) is 36.7 Å². The van der Waals surface area contributed by atoms with Gasteiger partial charge >= 0.3 is 0 Å². The Bertz CT molecular complexity index is 725. The summed E-state index contributed by atoms with van der Waals surface area (Å²) in [7, 11) is 7.99. The lowest BCUT2D eigenvalue weighted by Gasteiger charge is -2.35. The number of aliphatic hydroxyl groups excluding tert-OH is 1. The minimum Gasteiger partial charge on any atom is -0.490 e. The molecule has 4 atom stereocenters. The maximum absolute atomic E-state index is 13.8. The van der Waals surface area contributed by atoms with Crippen molar-refractivity contribution in [2.24, 2.45) is 5.92 Å². The largest absolute Gasteiger partial charge is 0.490 e. The van der Waals surface area contributed by atoms with E-state index in [9.17, 15) is 9.90 Å². The second kappa shape index (κ2) is 12.4. The highest BCUT2D eigenvalue weighted by Crippen LogP contribution is 2.29. The van der Waals surface area contributed by atoms with E-state index in [4.69, 9.17) is 9.47 Å². The molecule has 0 unspecified atom stereocenters. The molecule has 0 saturated carbocycles. The molecule has 1 heterocycles. The second-order valence-corrected chi connectivity index (χ2v) is 9.64. The molecule has 1 aromatic rings. The van der Waals surface area contributed by atoms with Gasteiger partial charge < -0.3 is 29.3 Å². The molecule has 0 aromatic heterocycles. The third kappa shape index (κ3) is 7.36. The van der Waals surface area contributed by atoms with Crippen molar-refractivity contribution >= 4 is 11.6 Å². The lowest BCUT2D eigenvalue weighted by atomic mass is 10.0. The molecule has 0 saturated heterocycles. The fourth-order valence-corrected chi connectivity index (χ4v) is 4.01. The summed E-state index contributed by atoms with van der Waals surface area (Å²) in [6.45, 7) is 7.94. The number of likely N-dealkylation sites (N-methyl/N-ethyl adjacent to an activating group) is 1. The van der Waals surface area contributed by atoms with Gasteiger partial charge in [-0.25, -0.2) is 0 Å². The minimum atomic E-state index is -0.314. The summed E-state index contributed by atoms with van der Waals surface area (Å²) < 4.78 is 12.5. The quantitative estimate of drug-likeness (QED) is 0.745. The summed E-state index contributed by atoms with van der Waals surface area (Å²) in [5.74, 6) is 0.595. The number of ether oxygens (including phenoxy) is 2. The Morgan fingerprint density at radius 3 is 2.53 bits per heavy atom. The summed E-state index contributed by atoms with van der Waals surface area (Å²) in [6, 6.07) is 5.46. The van der Waals surface area contributed by atoms with E-state index in [1.165, 1.54) is 0 Å². The predicted molar refractivity (Wildman–Crippen MR) is 130 cm³/mol. The molecule has 2 rings (SSSR count). The Balaban J connectivity index is 2.48. The van der Waals surface area contributed by atoms with E-state index < -0.39 is 0 Å². The number of nitrogens with zero attached hydrogens (tertiary/aromatic N) is 3. The number of amides is 1. The average Bonchev–Trinajstić information content (AvgIpc) is 2.74. The molecule has 32 heavy (non-hydrogen) atoms. The average molecular weight is 450 g/mol. The number of benzene rings is 1.